The number of methoxy groups -OCH3 is 1. The van der Waals surface area contributed by atoms with E-state index in [1.807, 2.05) is 18.2 Å². The summed E-state index contributed by atoms with van der Waals surface area (Å²) in [5.41, 5.74) is 3.02. The van der Waals surface area contributed by atoms with Crippen LogP contribution in [0.1, 0.15) is 50.1 Å². The molecule has 4 aliphatic rings. The molecule has 4 fully saturated rings. The van der Waals surface area contributed by atoms with Crippen molar-refractivity contribution in [1.29, 1.82) is 0 Å². The highest BCUT2D eigenvalue weighted by atomic mass is 19.1. The van der Waals surface area contributed by atoms with E-state index in [2.05, 4.69) is 41.9 Å². The van der Waals surface area contributed by atoms with Gasteiger partial charge in [0, 0.05) is 69.9 Å². The predicted octanol–water partition coefficient (Wildman–Crippen LogP) is 5.51. The molecule has 0 radical (unpaired) electrons. The Morgan fingerprint density at radius 1 is 0.958 bits per heavy atom. The quantitative estimate of drug-likeness (QED) is 0.272. The number of benzene rings is 2. The highest BCUT2D eigenvalue weighted by molar-refractivity contribution is 6.02. The maximum absolute atomic E-state index is 14.0. The second-order valence-corrected chi connectivity index (χ2v) is 13.0. The third-order valence-corrected chi connectivity index (χ3v) is 10.3. The average molecular weight is 657 g/mol. The maximum Gasteiger partial charge on any atom is 0.247 e. The summed E-state index contributed by atoms with van der Waals surface area (Å²) < 4.78 is 19.9. The molecule has 1 unspecified atom stereocenters. The zero-order chi connectivity index (χ0) is 33.0. The largest absolute Gasteiger partial charge is 0.494 e. The minimum absolute atomic E-state index is 0.181. The van der Waals surface area contributed by atoms with Crippen molar-refractivity contribution in [3.63, 3.8) is 0 Å². The number of amides is 1. The van der Waals surface area contributed by atoms with Gasteiger partial charge in [-0.25, -0.2) is 19.4 Å². The molecule has 3 saturated heterocycles. The highest BCUT2D eigenvalue weighted by Gasteiger charge is 2.33. The van der Waals surface area contributed by atoms with Crippen LogP contribution in [-0.2, 0) is 9.63 Å². The molecule has 0 bridgehead atoms. The van der Waals surface area contributed by atoms with Crippen LogP contribution in [0.3, 0.4) is 0 Å². The molecule has 0 spiro atoms. The second kappa shape index (κ2) is 14.5. The number of carbonyl (C=O) groups is 1. The van der Waals surface area contributed by atoms with Gasteiger partial charge in [-0.1, -0.05) is 25.1 Å². The third-order valence-electron chi connectivity index (χ3n) is 10.3. The Hall–Kier alpha value is -4.26. The van der Waals surface area contributed by atoms with Gasteiger partial charge in [-0.05, 0) is 55.5 Å². The fourth-order valence-corrected chi connectivity index (χ4v) is 7.46. The maximum atomic E-state index is 14.0. The number of carbonyl (C=O) groups excluding carboxylic acids is 1. The number of hydrogen-bond acceptors (Lipinski definition) is 10. The molecule has 1 saturated carbocycles. The molecule has 254 valence electrons. The number of piperidine rings is 1. The van der Waals surface area contributed by atoms with Crippen molar-refractivity contribution in [2.45, 2.75) is 56.7 Å². The van der Waals surface area contributed by atoms with Crippen LogP contribution in [0.2, 0.25) is 0 Å². The van der Waals surface area contributed by atoms with Gasteiger partial charge in [-0.15, -0.1) is 0 Å². The molecule has 1 aromatic heterocycles. The van der Waals surface area contributed by atoms with Crippen molar-refractivity contribution < 1.29 is 18.8 Å². The van der Waals surface area contributed by atoms with Crippen LogP contribution in [0.15, 0.2) is 61.4 Å². The van der Waals surface area contributed by atoms with E-state index in [4.69, 9.17) is 9.57 Å². The minimum atomic E-state index is -0.291. The van der Waals surface area contributed by atoms with Gasteiger partial charge in [0.2, 0.25) is 5.91 Å². The van der Waals surface area contributed by atoms with Crippen LogP contribution in [0, 0.1) is 5.82 Å². The number of nitrogens with zero attached hydrogens (tertiary/aromatic N) is 6. The number of hydrogen-bond donors (Lipinski definition) is 2. The van der Waals surface area contributed by atoms with Gasteiger partial charge in [-0.3, -0.25) is 19.4 Å². The zero-order valence-electron chi connectivity index (χ0n) is 27.6. The summed E-state index contributed by atoms with van der Waals surface area (Å²) in [6.07, 6.45) is 9.69. The van der Waals surface area contributed by atoms with Crippen molar-refractivity contribution in [1.82, 2.24) is 19.8 Å². The predicted molar refractivity (Wildman–Crippen MR) is 185 cm³/mol. The fourth-order valence-electron chi connectivity index (χ4n) is 7.46. The molecule has 12 heteroatoms. The van der Waals surface area contributed by atoms with Crippen LogP contribution < -0.4 is 25.3 Å². The molecule has 7 rings (SSSR count). The van der Waals surface area contributed by atoms with Crippen molar-refractivity contribution >= 4 is 34.6 Å². The van der Waals surface area contributed by atoms with Crippen LogP contribution in [0.4, 0.5) is 33.1 Å². The molecule has 4 heterocycles. The summed E-state index contributed by atoms with van der Waals surface area (Å²) in [6, 6.07) is 13.4. The molecule has 48 heavy (non-hydrogen) atoms. The average Bonchev–Trinajstić information content (AvgIpc) is 3.59. The van der Waals surface area contributed by atoms with Gasteiger partial charge in [0.25, 0.3) is 0 Å². The van der Waals surface area contributed by atoms with Gasteiger partial charge in [0.05, 0.1) is 36.8 Å². The molecule has 3 aliphatic heterocycles. The van der Waals surface area contributed by atoms with Crippen LogP contribution in [-0.4, -0.2) is 90.7 Å². The third kappa shape index (κ3) is 6.96. The van der Waals surface area contributed by atoms with Gasteiger partial charge >= 0.3 is 0 Å². The number of rotatable bonds is 10. The monoisotopic (exact) mass is 656 g/mol. The molecular formula is C36H45FN8O3. The highest BCUT2D eigenvalue weighted by Crippen LogP contribution is 2.41. The number of halogens is 1. The molecule has 3 aromatic rings. The summed E-state index contributed by atoms with van der Waals surface area (Å²) in [4.78, 5) is 35.1. The Labute approximate surface area is 281 Å². The van der Waals surface area contributed by atoms with Gasteiger partial charge in [-0.2, -0.15) is 0 Å². The topological polar surface area (TPSA) is 98.3 Å². The Bertz CT molecular complexity index is 1600. The molecular weight excluding hydrogens is 611 g/mol. The number of nitrogens with one attached hydrogen (secondary N) is 2. The Balaban J connectivity index is 1.07. The van der Waals surface area contributed by atoms with E-state index in [0.29, 0.717) is 47.8 Å². The first-order valence-electron chi connectivity index (χ1n) is 17.1. The van der Waals surface area contributed by atoms with Crippen LogP contribution in [0.25, 0.3) is 0 Å². The van der Waals surface area contributed by atoms with Crippen molar-refractivity contribution in [2.75, 3.05) is 73.6 Å². The number of ether oxygens (including phenoxy) is 1. The second-order valence-electron chi connectivity index (χ2n) is 13.0. The molecule has 2 N–H and O–H groups in total. The Morgan fingerprint density at radius 2 is 1.71 bits per heavy atom. The molecule has 1 amide bonds. The SMILES string of the molecule is C=CC(=O)Nc1cc(Nc2cc(N3OCCC3c3cccc(F)c3)ncn2)c(OC)cc1N1CCC(N2CCN(C3CCC3)CC2)CC1. The van der Waals surface area contributed by atoms with E-state index >= 15 is 0 Å². The normalized spacial score (nSPS) is 21.2. The van der Waals surface area contributed by atoms with E-state index in [1.165, 1.54) is 56.9 Å². The standard InChI is InChI=1S/C36H45FN8O3/c1-3-36(46)41-29-21-30(40-34-23-35(39-24-38-34)45-31(12-19-48-45)25-6-4-7-26(37)20-25)33(47-2)22-32(29)44-13-10-28(11-14-44)43-17-15-42(16-18-43)27-8-5-9-27/h3-4,6-7,20-24,27-28,31H,1,5,8-19H2,2H3,(H,41,46)(H,38,39,40). The molecule has 1 aliphatic carbocycles. The lowest BCUT2D eigenvalue weighted by Crippen LogP contribution is -2.56. The minimum Gasteiger partial charge on any atom is -0.494 e. The number of piperazine rings is 1. The van der Waals surface area contributed by atoms with Crippen molar-refractivity contribution in [2.24, 2.45) is 0 Å². The fraction of sp³-hybridized carbons (Fsp3) is 0.472. The van der Waals surface area contributed by atoms with E-state index < -0.39 is 0 Å². The Kier molecular flexibility index (Phi) is 9.73. The van der Waals surface area contributed by atoms with E-state index in [-0.39, 0.29) is 17.8 Å². The van der Waals surface area contributed by atoms with E-state index in [1.54, 1.807) is 24.3 Å². The molecule has 2 aromatic carbocycles. The first-order chi connectivity index (χ1) is 23.5. The van der Waals surface area contributed by atoms with Crippen LogP contribution >= 0.6 is 0 Å². The summed E-state index contributed by atoms with van der Waals surface area (Å²) in [6.45, 7) is 10.6. The van der Waals surface area contributed by atoms with E-state index in [9.17, 15) is 9.18 Å². The zero-order valence-corrected chi connectivity index (χ0v) is 27.6. The smallest absolute Gasteiger partial charge is 0.247 e. The lowest BCUT2D eigenvalue weighted by atomic mass is 9.91. The van der Waals surface area contributed by atoms with E-state index in [0.717, 1.165) is 56.3 Å². The molecule has 11 nitrogen and oxygen atoms in total. The van der Waals surface area contributed by atoms with Gasteiger partial charge in [0.15, 0.2) is 5.82 Å². The Morgan fingerprint density at radius 3 is 2.38 bits per heavy atom. The number of anilines is 5. The summed E-state index contributed by atoms with van der Waals surface area (Å²) >= 11 is 0. The van der Waals surface area contributed by atoms with Crippen molar-refractivity contribution in [3.8, 4) is 5.75 Å². The number of aromatic nitrogens is 2. The summed E-state index contributed by atoms with van der Waals surface area (Å²) in [5.74, 6) is 1.10. The first kappa shape index (κ1) is 32.3. The lowest BCUT2D eigenvalue weighted by molar-refractivity contribution is -0.111. The van der Waals surface area contributed by atoms with Gasteiger partial charge < -0.3 is 20.3 Å². The molecule has 1 atom stereocenters. The van der Waals surface area contributed by atoms with Crippen LogP contribution in [0.5, 0.6) is 5.75 Å². The summed E-state index contributed by atoms with van der Waals surface area (Å²) in [5, 5.41) is 8.08. The first-order valence-corrected chi connectivity index (χ1v) is 17.1. The van der Waals surface area contributed by atoms with Crippen molar-refractivity contribution in [3.05, 3.63) is 72.8 Å². The summed E-state index contributed by atoms with van der Waals surface area (Å²) in [7, 11) is 1.63. The number of hydroxylamine groups is 1. The van der Waals surface area contributed by atoms with Gasteiger partial charge in [0.1, 0.15) is 23.7 Å². The lowest BCUT2D eigenvalue weighted by Gasteiger charge is -2.46.